The fourth-order valence-electron chi connectivity index (χ4n) is 3.11. The number of nitrogens with zero attached hydrogens (tertiary/aromatic N) is 2. The molecule has 1 aliphatic heterocycles. The Hall–Kier alpha value is -2.89. The van der Waals surface area contributed by atoms with E-state index in [2.05, 4.69) is 10.3 Å². The van der Waals surface area contributed by atoms with Crippen LogP contribution in [0.3, 0.4) is 0 Å². The maximum Gasteiger partial charge on any atom is 0.227 e. The van der Waals surface area contributed by atoms with Crippen LogP contribution in [-0.2, 0) is 9.59 Å². The van der Waals surface area contributed by atoms with E-state index in [1.165, 1.54) is 0 Å². The van der Waals surface area contributed by atoms with Gasteiger partial charge in [0, 0.05) is 19.2 Å². The fraction of sp³-hybridized carbons (Fsp3) is 0.350. The summed E-state index contributed by atoms with van der Waals surface area (Å²) < 4.78 is 5.61. The van der Waals surface area contributed by atoms with Crippen molar-refractivity contribution >= 4 is 17.5 Å². The largest absolute Gasteiger partial charge is 0.492 e. The standard InChI is InChI=1S/C20H23N3O3/c1-3-26-18-10-5-4-9-17(18)23-13-15(12-19(23)24)20(25)22-14(2)16-8-6-7-11-21-16/h4-11,14-15H,3,12-13H2,1-2H3,(H,22,25). The molecular formula is C20H23N3O3. The molecule has 2 atom stereocenters. The molecule has 26 heavy (non-hydrogen) atoms. The molecule has 1 N–H and O–H groups in total. The molecule has 136 valence electrons. The van der Waals surface area contributed by atoms with Crippen LogP contribution in [0.15, 0.2) is 48.7 Å². The van der Waals surface area contributed by atoms with Gasteiger partial charge in [-0.15, -0.1) is 0 Å². The highest BCUT2D eigenvalue weighted by atomic mass is 16.5. The zero-order valence-corrected chi connectivity index (χ0v) is 15.0. The summed E-state index contributed by atoms with van der Waals surface area (Å²) in [5.41, 5.74) is 1.51. The van der Waals surface area contributed by atoms with Crippen LogP contribution in [0.2, 0.25) is 0 Å². The highest BCUT2D eigenvalue weighted by Crippen LogP contribution is 2.33. The Bertz CT molecular complexity index is 779. The van der Waals surface area contributed by atoms with Crippen molar-refractivity contribution in [2.75, 3.05) is 18.1 Å². The third-order valence-corrected chi connectivity index (χ3v) is 4.44. The van der Waals surface area contributed by atoms with Crippen LogP contribution in [-0.4, -0.2) is 29.9 Å². The maximum absolute atomic E-state index is 12.6. The van der Waals surface area contributed by atoms with Crippen LogP contribution in [0.1, 0.15) is 32.0 Å². The Kier molecular flexibility index (Phi) is 5.51. The summed E-state index contributed by atoms with van der Waals surface area (Å²) in [5, 5.41) is 2.96. The number of rotatable bonds is 6. The number of para-hydroxylation sites is 2. The van der Waals surface area contributed by atoms with Gasteiger partial charge in [-0.05, 0) is 38.1 Å². The number of nitrogens with one attached hydrogen (secondary N) is 1. The van der Waals surface area contributed by atoms with Crippen molar-refractivity contribution in [3.63, 3.8) is 0 Å². The SMILES string of the molecule is CCOc1ccccc1N1CC(C(=O)NC(C)c2ccccn2)CC1=O. The van der Waals surface area contributed by atoms with Gasteiger partial charge in [0.15, 0.2) is 0 Å². The highest BCUT2D eigenvalue weighted by Gasteiger charge is 2.36. The molecule has 1 aromatic heterocycles. The van der Waals surface area contributed by atoms with Crippen molar-refractivity contribution in [1.29, 1.82) is 0 Å². The molecule has 2 aromatic rings. The van der Waals surface area contributed by atoms with Crippen molar-refractivity contribution in [2.24, 2.45) is 5.92 Å². The number of ether oxygens (including phenoxy) is 1. The Balaban J connectivity index is 1.69. The fourth-order valence-corrected chi connectivity index (χ4v) is 3.11. The van der Waals surface area contributed by atoms with E-state index in [0.29, 0.717) is 24.6 Å². The van der Waals surface area contributed by atoms with E-state index in [-0.39, 0.29) is 30.2 Å². The average Bonchev–Trinajstić information content (AvgIpc) is 3.05. The van der Waals surface area contributed by atoms with Crippen molar-refractivity contribution in [1.82, 2.24) is 10.3 Å². The minimum absolute atomic E-state index is 0.0669. The van der Waals surface area contributed by atoms with Gasteiger partial charge in [-0.25, -0.2) is 0 Å². The van der Waals surface area contributed by atoms with E-state index >= 15 is 0 Å². The smallest absolute Gasteiger partial charge is 0.227 e. The van der Waals surface area contributed by atoms with Gasteiger partial charge in [0.05, 0.1) is 29.9 Å². The molecule has 0 bridgehead atoms. The molecule has 1 aliphatic rings. The van der Waals surface area contributed by atoms with Gasteiger partial charge >= 0.3 is 0 Å². The third-order valence-electron chi connectivity index (χ3n) is 4.44. The molecule has 0 saturated carbocycles. The second kappa shape index (κ2) is 7.99. The average molecular weight is 353 g/mol. The summed E-state index contributed by atoms with van der Waals surface area (Å²) in [6, 6.07) is 12.8. The molecule has 6 heteroatoms. The normalized spacial score (nSPS) is 17.8. The molecule has 2 unspecified atom stereocenters. The predicted octanol–water partition coefficient (Wildman–Crippen LogP) is 2.71. The van der Waals surface area contributed by atoms with E-state index in [9.17, 15) is 9.59 Å². The number of hydrogen-bond acceptors (Lipinski definition) is 4. The Morgan fingerprint density at radius 2 is 2.08 bits per heavy atom. The predicted molar refractivity (Wildman–Crippen MR) is 98.9 cm³/mol. The quantitative estimate of drug-likeness (QED) is 0.867. The Labute approximate surface area is 153 Å². The maximum atomic E-state index is 12.6. The lowest BCUT2D eigenvalue weighted by atomic mass is 10.1. The van der Waals surface area contributed by atoms with Crippen LogP contribution in [0, 0.1) is 5.92 Å². The van der Waals surface area contributed by atoms with Crippen molar-refractivity contribution in [3.05, 3.63) is 54.4 Å². The van der Waals surface area contributed by atoms with Crippen molar-refractivity contribution in [2.45, 2.75) is 26.3 Å². The lowest BCUT2D eigenvalue weighted by molar-refractivity contribution is -0.126. The van der Waals surface area contributed by atoms with Crippen LogP contribution in [0.4, 0.5) is 5.69 Å². The minimum atomic E-state index is -0.386. The number of hydrogen-bond donors (Lipinski definition) is 1. The molecular weight excluding hydrogens is 330 g/mol. The number of aromatic nitrogens is 1. The lowest BCUT2D eigenvalue weighted by Gasteiger charge is -2.20. The van der Waals surface area contributed by atoms with Crippen LogP contribution in [0.5, 0.6) is 5.75 Å². The number of carbonyl (C=O) groups is 2. The second-order valence-corrected chi connectivity index (χ2v) is 6.29. The number of carbonyl (C=O) groups excluding carboxylic acids is 2. The van der Waals surface area contributed by atoms with Crippen LogP contribution >= 0.6 is 0 Å². The summed E-state index contributed by atoms with van der Waals surface area (Å²) in [6.45, 7) is 4.66. The summed E-state index contributed by atoms with van der Waals surface area (Å²) in [4.78, 5) is 31.0. The zero-order chi connectivity index (χ0) is 18.5. The monoisotopic (exact) mass is 353 g/mol. The van der Waals surface area contributed by atoms with Crippen molar-refractivity contribution < 1.29 is 14.3 Å². The van der Waals surface area contributed by atoms with E-state index in [0.717, 1.165) is 5.69 Å². The van der Waals surface area contributed by atoms with Crippen LogP contribution in [0.25, 0.3) is 0 Å². The molecule has 1 fully saturated rings. The Morgan fingerprint density at radius 3 is 2.81 bits per heavy atom. The molecule has 3 rings (SSSR count). The molecule has 2 amide bonds. The summed E-state index contributed by atoms with van der Waals surface area (Å²) in [6.07, 6.45) is 1.89. The number of amides is 2. The second-order valence-electron chi connectivity index (χ2n) is 6.29. The first-order valence-corrected chi connectivity index (χ1v) is 8.83. The molecule has 2 heterocycles. The van der Waals surface area contributed by atoms with Gasteiger partial charge in [-0.3, -0.25) is 14.6 Å². The van der Waals surface area contributed by atoms with E-state index < -0.39 is 0 Å². The third kappa shape index (κ3) is 3.85. The number of benzene rings is 1. The first kappa shape index (κ1) is 17.9. The molecule has 0 radical (unpaired) electrons. The lowest BCUT2D eigenvalue weighted by Crippen LogP contribution is -2.34. The highest BCUT2D eigenvalue weighted by molar-refractivity contribution is 6.01. The first-order chi connectivity index (χ1) is 12.6. The molecule has 0 aliphatic carbocycles. The summed E-state index contributed by atoms with van der Waals surface area (Å²) in [5.74, 6) is 0.0743. The van der Waals surface area contributed by atoms with E-state index in [1.807, 2.05) is 56.3 Å². The van der Waals surface area contributed by atoms with Gasteiger partial charge in [-0.1, -0.05) is 18.2 Å². The van der Waals surface area contributed by atoms with Crippen LogP contribution < -0.4 is 15.0 Å². The van der Waals surface area contributed by atoms with E-state index in [4.69, 9.17) is 4.74 Å². The first-order valence-electron chi connectivity index (χ1n) is 8.83. The summed E-state index contributed by atoms with van der Waals surface area (Å²) in [7, 11) is 0. The van der Waals surface area contributed by atoms with Crippen molar-refractivity contribution in [3.8, 4) is 5.75 Å². The number of pyridine rings is 1. The van der Waals surface area contributed by atoms with E-state index in [1.54, 1.807) is 11.1 Å². The molecule has 1 aromatic carbocycles. The molecule has 0 spiro atoms. The molecule has 1 saturated heterocycles. The van der Waals surface area contributed by atoms with Gasteiger partial charge in [0.2, 0.25) is 11.8 Å². The van der Waals surface area contributed by atoms with Gasteiger partial charge in [0.1, 0.15) is 5.75 Å². The van der Waals surface area contributed by atoms with Gasteiger partial charge in [0.25, 0.3) is 0 Å². The number of anilines is 1. The van der Waals surface area contributed by atoms with Gasteiger partial charge < -0.3 is 15.0 Å². The summed E-state index contributed by atoms with van der Waals surface area (Å²) >= 11 is 0. The van der Waals surface area contributed by atoms with Gasteiger partial charge in [-0.2, -0.15) is 0 Å². The minimum Gasteiger partial charge on any atom is -0.492 e. The zero-order valence-electron chi connectivity index (χ0n) is 15.0. The topological polar surface area (TPSA) is 71.5 Å². The Morgan fingerprint density at radius 1 is 1.31 bits per heavy atom. The molecule has 6 nitrogen and oxygen atoms in total.